The lowest BCUT2D eigenvalue weighted by Gasteiger charge is -2.50. The van der Waals surface area contributed by atoms with Crippen molar-refractivity contribution in [3.05, 3.63) is 0 Å². The number of hydrogen-bond acceptors (Lipinski definition) is 1. The predicted molar refractivity (Wildman–Crippen MR) is 55.1 cm³/mol. The minimum Gasteiger partial charge on any atom is -0.324 e. The fourth-order valence-corrected chi connectivity index (χ4v) is 4.96. The van der Waals surface area contributed by atoms with Gasteiger partial charge in [-0.3, -0.25) is 4.57 Å². The zero-order valence-electron chi connectivity index (χ0n) is 8.65. The Morgan fingerprint density at radius 1 is 1.07 bits per heavy atom. The fourth-order valence-electron chi connectivity index (χ4n) is 3.49. The Hall–Kier alpha value is 0.150. The molecule has 2 bridgehead atoms. The smallest absolute Gasteiger partial charge is 0.324 e. The molecule has 0 spiro atoms. The van der Waals surface area contributed by atoms with E-state index in [4.69, 9.17) is 0 Å². The zero-order valence-corrected chi connectivity index (χ0v) is 9.54. The maximum atomic E-state index is 11.6. The minimum absolute atomic E-state index is 0.260. The molecule has 0 unspecified atom stereocenters. The van der Waals surface area contributed by atoms with Crippen LogP contribution in [0.1, 0.15) is 45.4 Å². The van der Waals surface area contributed by atoms with Crippen LogP contribution in [0.25, 0.3) is 0 Å². The van der Waals surface area contributed by atoms with Crippen LogP contribution >= 0.6 is 7.60 Å². The molecule has 0 aromatic carbocycles. The van der Waals surface area contributed by atoms with Crippen LogP contribution in [0, 0.1) is 11.8 Å². The normalized spacial score (nSPS) is 43.6. The highest BCUT2D eigenvalue weighted by Crippen LogP contribution is 2.65. The van der Waals surface area contributed by atoms with Crippen LogP contribution < -0.4 is 0 Å². The van der Waals surface area contributed by atoms with E-state index in [1.54, 1.807) is 0 Å². The van der Waals surface area contributed by atoms with Gasteiger partial charge in [-0.25, -0.2) is 0 Å². The van der Waals surface area contributed by atoms with Crippen molar-refractivity contribution in [3.63, 3.8) is 0 Å². The molecule has 0 aromatic rings. The molecule has 0 amide bonds. The van der Waals surface area contributed by atoms with Crippen molar-refractivity contribution in [2.75, 3.05) is 0 Å². The van der Waals surface area contributed by atoms with E-state index < -0.39 is 12.8 Å². The molecule has 4 heteroatoms. The van der Waals surface area contributed by atoms with Gasteiger partial charge in [-0.15, -0.1) is 0 Å². The average Bonchev–Trinajstić information content (AvgIpc) is 2.00. The first kappa shape index (κ1) is 10.7. The SMILES string of the molecule is CC1(P(=O)(O)O)C2CCCC1CCC2. The summed E-state index contributed by atoms with van der Waals surface area (Å²) in [6, 6.07) is 0. The molecule has 3 nitrogen and oxygen atoms in total. The summed E-state index contributed by atoms with van der Waals surface area (Å²) in [6.45, 7) is 1.82. The summed E-state index contributed by atoms with van der Waals surface area (Å²) in [5, 5.41) is -0.705. The highest BCUT2D eigenvalue weighted by Gasteiger charge is 2.56. The summed E-state index contributed by atoms with van der Waals surface area (Å²) in [4.78, 5) is 19.0. The Bertz CT molecular complexity index is 249. The number of rotatable bonds is 1. The average molecular weight is 218 g/mol. The van der Waals surface area contributed by atoms with Crippen molar-refractivity contribution < 1.29 is 14.4 Å². The molecule has 2 rings (SSSR count). The molecule has 2 N–H and O–H groups in total. The zero-order chi connectivity index (χ0) is 10.4. The van der Waals surface area contributed by atoms with Gasteiger partial charge in [-0.2, -0.15) is 0 Å². The standard InChI is InChI=1S/C10H19O3P/c1-10(14(11,12)13)8-4-2-5-9(10)7-3-6-8/h8-9H,2-7H2,1H3,(H2,11,12,13). The molecule has 2 aliphatic rings. The van der Waals surface area contributed by atoms with E-state index in [2.05, 4.69) is 0 Å². The first-order valence-electron chi connectivity index (χ1n) is 5.52. The second kappa shape index (κ2) is 3.33. The van der Waals surface area contributed by atoms with Crippen LogP contribution in [0.15, 0.2) is 0 Å². The van der Waals surface area contributed by atoms with Crippen LogP contribution in [0.4, 0.5) is 0 Å². The highest BCUT2D eigenvalue weighted by atomic mass is 31.2. The number of hydrogen-bond donors (Lipinski definition) is 2. The summed E-state index contributed by atoms with van der Waals surface area (Å²) in [5.41, 5.74) is 0. The van der Waals surface area contributed by atoms with Gasteiger partial charge >= 0.3 is 7.60 Å². The Morgan fingerprint density at radius 2 is 1.43 bits per heavy atom. The molecular weight excluding hydrogens is 199 g/mol. The van der Waals surface area contributed by atoms with Crippen LogP contribution in [0.3, 0.4) is 0 Å². The maximum Gasteiger partial charge on any atom is 0.331 e. The Balaban J connectivity index is 2.36. The lowest BCUT2D eigenvalue weighted by Crippen LogP contribution is -2.47. The van der Waals surface area contributed by atoms with E-state index in [-0.39, 0.29) is 11.8 Å². The third kappa shape index (κ3) is 1.37. The van der Waals surface area contributed by atoms with Crippen molar-refractivity contribution in [2.45, 2.75) is 50.6 Å². The molecule has 2 fully saturated rings. The topological polar surface area (TPSA) is 57.5 Å². The van der Waals surface area contributed by atoms with Gasteiger partial charge in [0.15, 0.2) is 0 Å². The van der Waals surface area contributed by atoms with Crippen molar-refractivity contribution in [3.8, 4) is 0 Å². The Labute approximate surface area is 85.1 Å². The van der Waals surface area contributed by atoms with Gasteiger partial charge in [0.2, 0.25) is 0 Å². The van der Waals surface area contributed by atoms with E-state index >= 15 is 0 Å². The first-order valence-corrected chi connectivity index (χ1v) is 7.13. The van der Waals surface area contributed by atoms with E-state index in [1.807, 2.05) is 6.92 Å². The van der Waals surface area contributed by atoms with E-state index in [0.717, 1.165) is 38.5 Å². The lowest BCUT2D eigenvalue weighted by atomic mass is 9.64. The van der Waals surface area contributed by atoms with Crippen LogP contribution in [-0.4, -0.2) is 14.9 Å². The highest BCUT2D eigenvalue weighted by molar-refractivity contribution is 7.53. The monoisotopic (exact) mass is 218 g/mol. The largest absolute Gasteiger partial charge is 0.331 e. The van der Waals surface area contributed by atoms with Crippen molar-refractivity contribution in [1.29, 1.82) is 0 Å². The molecule has 0 saturated heterocycles. The summed E-state index contributed by atoms with van der Waals surface area (Å²) in [6.07, 6.45) is 6.36. The quantitative estimate of drug-likeness (QED) is 0.665. The van der Waals surface area contributed by atoms with E-state index in [1.165, 1.54) is 0 Å². The summed E-state index contributed by atoms with van der Waals surface area (Å²) < 4.78 is 11.6. The molecule has 14 heavy (non-hydrogen) atoms. The molecule has 0 aliphatic heterocycles. The van der Waals surface area contributed by atoms with Crippen molar-refractivity contribution >= 4 is 7.60 Å². The van der Waals surface area contributed by atoms with E-state index in [0.29, 0.717) is 0 Å². The minimum atomic E-state index is -3.93. The Kier molecular flexibility index (Phi) is 2.53. The van der Waals surface area contributed by atoms with Crippen LogP contribution in [0.2, 0.25) is 0 Å². The Morgan fingerprint density at radius 3 is 1.64 bits per heavy atom. The number of fused-ring (bicyclic) bond motifs is 2. The predicted octanol–water partition coefficient (Wildman–Crippen LogP) is 2.52. The van der Waals surface area contributed by atoms with Crippen LogP contribution in [0.5, 0.6) is 0 Å². The molecule has 2 aliphatic carbocycles. The lowest BCUT2D eigenvalue weighted by molar-refractivity contribution is 0.104. The molecule has 2 saturated carbocycles. The van der Waals surface area contributed by atoms with Crippen molar-refractivity contribution in [2.24, 2.45) is 11.8 Å². The summed E-state index contributed by atoms with van der Waals surface area (Å²) in [7, 11) is -3.93. The van der Waals surface area contributed by atoms with E-state index in [9.17, 15) is 14.4 Å². The third-order valence-electron chi connectivity index (χ3n) is 4.49. The molecule has 0 heterocycles. The third-order valence-corrected chi connectivity index (χ3v) is 6.48. The molecular formula is C10H19O3P. The first-order chi connectivity index (χ1) is 6.46. The second-order valence-corrected chi connectivity index (χ2v) is 7.08. The van der Waals surface area contributed by atoms with Crippen molar-refractivity contribution in [1.82, 2.24) is 0 Å². The van der Waals surface area contributed by atoms with Crippen LogP contribution in [-0.2, 0) is 4.57 Å². The maximum absolute atomic E-state index is 11.6. The summed E-state index contributed by atoms with van der Waals surface area (Å²) in [5.74, 6) is 0.520. The molecule has 0 aromatic heterocycles. The second-order valence-electron chi connectivity index (χ2n) is 5.03. The van der Waals surface area contributed by atoms with Gasteiger partial charge in [0.25, 0.3) is 0 Å². The molecule has 82 valence electrons. The summed E-state index contributed by atoms with van der Waals surface area (Å²) >= 11 is 0. The van der Waals surface area contributed by atoms with Gasteiger partial charge in [0, 0.05) is 0 Å². The van der Waals surface area contributed by atoms with Gasteiger partial charge in [-0.1, -0.05) is 12.8 Å². The van der Waals surface area contributed by atoms with Gasteiger partial charge < -0.3 is 9.79 Å². The fraction of sp³-hybridized carbons (Fsp3) is 1.00. The molecule has 0 atom stereocenters. The molecule has 0 radical (unpaired) electrons. The van der Waals surface area contributed by atoms with Gasteiger partial charge in [-0.05, 0) is 44.4 Å². The van der Waals surface area contributed by atoms with Gasteiger partial charge in [0.05, 0.1) is 5.16 Å². The van der Waals surface area contributed by atoms with Gasteiger partial charge in [0.1, 0.15) is 0 Å².